The summed E-state index contributed by atoms with van der Waals surface area (Å²) in [4.78, 5) is 47.7. The van der Waals surface area contributed by atoms with Crippen LogP contribution in [-0.4, -0.2) is 42.6 Å². The molecule has 178 valence electrons. The maximum Gasteiger partial charge on any atom is 0.341 e. The number of carbonyl (C=O) groups is 3. The molecule has 0 bridgehead atoms. The predicted octanol–water partition coefficient (Wildman–Crippen LogP) is 4.29. The van der Waals surface area contributed by atoms with Gasteiger partial charge in [0.2, 0.25) is 0 Å². The van der Waals surface area contributed by atoms with E-state index in [1.165, 1.54) is 18.4 Å². The molecule has 0 radical (unpaired) electrons. The lowest BCUT2D eigenvalue weighted by molar-refractivity contribution is -0.385. The maximum atomic E-state index is 12.5. The van der Waals surface area contributed by atoms with E-state index < -0.39 is 35.1 Å². The van der Waals surface area contributed by atoms with Crippen molar-refractivity contribution in [1.82, 2.24) is 0 Å². The summed E-state index contributed by atoms with van der Waals surface area (Å²) in [5.74, 6) is -1.87. The van der Waals surface area contributed by atoms with E-state index in [2.05, 4.69) is 5.32 Å². The average Bonchev–Trinajstić information content (AvgIpc) is 3.48. The second kappa shape index (κ2) is 11.1. The fourth-order valence-corrected chi connectivity index (χ4v) is 3.86. The zero-order chi connectivity index (χ0) is 24.7. The molecule has 3 rings (SSSR count). The van der Waals surface area contributed by atoms with Crippen molar-refractivity contribution in [3.05, 3.63) is 63.2 Å². The van der Waals surface area contributed by atoms with Gasteiger partial charge in [0.1, 0.15) is 16.3 Å². The minimum absolute atomic E-state index is 0.0124. The smallest absolute Gasteiger partial charge is 0.341 e. The Morgan fingerprint density at radius 3 is 2.56 bits per heavy atom. The Morgan fingerprint density at radius 2 is 1.91 bits per heavy atom. The van der Waals surface area contributed by atoms with Gasteiger partial charge < -0.3 is 23.9 Å². The first-order valence-corrected chi connectivity index (χ1v) is 10.9. The molecule has 2 heterocycles. The highest BCUT2D eigenvalue weighted by Crippen LogP contribution is 2.36. The SMILES string of the molecule is CCOC(=O)c1c(-c2ccco2)csc1NC(=O)COC(=O)c1ccc(OCC)c([N+](=O)[O-])c1. The van der Waals surface area contributed by atoms with Gasteiger partial charge in [0.15, 0.2) is 12.4 Å². The minimum atomic E-state index is -0.936. The molecule has 1 aromatic carbocycles. The Labute approximate surface area is 197 Å². The normalized spacial score (nSPS) is 10.4. The Hall–Kier alpha value is -4.19. The molecule has 3 aromatic rings. The number of nitro groups is 1. The number of nitrogens with zero attached hydrogens (tertiary/aromatic N) is 1. The monoisotopic (exact) mass is 488 g/mol. The van der Waals surface area contributed by atoms with Crippen LogP contribution in [0.25, 0.3) is 11.3 Å². The van der Waals surface area contributed by atoms with Gasteiger partial charge >= 0.3 is 17.6 Å². The van der Waals surface area contributed by atoms with Crippen LogP contribution in [0.5, 0.6) is 5.75 Å². The number of esters is 2. The van der Waals surface area contributed by atoms with E-state index in [0.717, 1.165) is 17.4 Å². The Morgan fingerprint density at radius 1 is 1.12 bits per heavy atom. The van der Waals surface area contributed by atoms with Crippen LogP contribution in [0.15, 0.2) is 46.4 Å². The molecule has 0 aliphatic carbocycles. The van der Waals surface area contributed by atoms with Gasteiger partial charge in [-0.05, 0) is 38.1 Å². The first-order valence-electron chi connectivity index (χ1n) is 10.1. The van der Waals surface area contributed by atoms with Gasteiger partial charge in [0.25, 0.3) is 5.91 Å². The van der Waals surface area contributed by atoms with E-state index in [1.807, 2.05) is 0 Å². The van der Waals surface area contributed by atoms with Gasteiger partial charge in [0.05, 0.1) is 30.0 Å². The summed E-state index contributed by atoms with van der Waals surface area (Å²) in [6, 6.07) is 6.91. The highest BCUT2D eigenvalue weighted by Gasteiger charge is 2.25. The molecule has 0 aliphatic rings. The predicted molar refractivity (Wildman–Crippen MR) is 121 cm³/mol. The number of hydrogen-bond acceptors (Lipinski definition) is 10. The third kappa shape index (κ3) is 5.59. The van der Waals surface area contributed by atoms with Gasteiger partial charge in [-0.15, -0.1) is 11.3 Å². The number of hydrogen-bond donors (Lipinski definition) is 1. The van der Waals surface area contributed by atoms with E-state index in [0.29, 0.717) is 11.3 Å². The zero-order valence-electron chi connectivity index (χ0n) is 18.2. The summed E-state index contributed by atoms with van der Waals surface area (Å²) in [6.45, 7) is 2.98. The van der Waals surface area contributed by atoms with Crippen molar-refractivity contribution in [2.75, 3.05) is 25.1 Å². The topological polar surface area (TPSA) is 147 Å². The Bertz CT molecular complexity index is 1200. The fourth-order valence-electron chi connectivity index (χ4n) is 2.91. The minimum Gasteiger partial charge on any atom is -0.487 e. The lowest BCUT2D eigenvalue weighted by Gasteiger charge is -2.09. The number of carbonyl (C=O) groups excluding carboxylic acids is 3. The van der Waals surface area contributed by atoms with Gasteiger partial charge in [-0.1, -0.05) is 0 Å². The summed E-state index contributed by atoms with van der Waals surface area (Å²) in [5.41, 5.74) is 0.0429. The van der Waals surface area contributed by atoms with Gasteiger partial charge in [-0.2, -0.15) is 0 Å². The lowest BCUT2D eigenvalue weighted by atomic mass is 10.1. The standard InChI is InChI=1S/C22H20N2O9S/c1-3-30-17-8-7-13(10-15(17)24(28)29)21(26)33-11-18(25)23-20-19(22(27)31-4-2)14(12-34-20)16-6-5-9-32-16/h5-10,12H,3-4,11H2,1-2H3,(H,23,25). The van der Waals surface area contributed by atoms with Crippen molar-refractivity contribution < 1.29 is 37.9 Å². The first kappa shape index (κ1) is 24.5. The molecule has 11 nitrogen and oxygen atoms in total. The lowest BCUT2D eigenvalue weighted by Crippen LogP contribution is -2.21. The molecule has 0 aliphatic heterocycles. The first-order chi connectivity index (χ1) is 16.3. The quantitative estimate of drug-likeness (QED) is 0.251. The number of furan rings is 1. The second-order valence-corrected chi connectivity index (χ2v) is 7.43. The molecule has 12 heteroatoms. The van der Waals surface area contributed by atoms with Crippen LogP contribution >= 0.6 is 11.3 Å². The Kier molecular flexibility index (Phi) is 7.98. The molecule has 2 aromatic heterocycles. The molecule has 0 spiro atoms. The number of amides is 1. The highest BCUT2D eigenvalue weighted by molar-refractivity contribution is 7.15. The van der Waals surface area contributed by atoms with Crippen molar-refractivity contribution in [3.63, 3.8) is 0 Å². The molecule has 0 saturated heterocycles. The third-order valence-electron chi connectivity index (χ3n) is 4.34. The molecular weight excluding hydrogens is 468 g/mol. The molecular formula is C22H20N2O9S. The molecule has 0 saturated carbocycles. The van der Waals surface area contributed by atoms with Crippen molar-refractivity contribution in [3.8, 4) is 17.1 Å². The van der Waals surface area contributed by atoms with Gasteiger partial charge in [-0.3, -0.25) is 14.9 Å². The largest absolute Gasteiger partial charge is 0.487 e. The Balaban J connectivity index is 1.71. The van der Waals surface area contributed by atoms with Crippen LogP contribution in [0.2, 0.25) is 0 Å². The number of benzene rings is 1. The number of nitro benzene ring substituents is 1. The van der Waals surface area contributed by atoms with Crippen molar-refractivity contribution >= 4 is 39.9 Å². The molecule has 0 unspecified atom stereocenters. The summed E-state index contributed by atoms with van der Waals surface area (Å²) >= 11 is 1.08. The molecule has 1 amide bonds. The van der Waals surface area contributed by atoms with Crippen LogP contribution in [0.4, 0.5) is 10.7 Å². The number of ether oxygens (including phenoxy) is 3. The second-order valence-electron chi connectivity index (χ2n) is 6.55. The summed E-state index contributed by atoms with van der Waals surface area (Å²) < 4.78 is 20.6. The molecule has 1 N–H and O–H groups in total. The number of nitrogens with one attached hydrogen (secondary N) is 1. The highest BCUT2D eigenvalue weighted by atomic mass is 32.1. The fraction of sp³-hybridized carbons (Fsp3) is 0.227. The van der Waals surface area contributed by atoms with Crippen LogP contribution in [-0.2, 0) is 14.3 Å². The van der Waals surface area contributed by atoms with Crippen molar-refractivity contribution in [2.24, 2.45) is 0 Å². The molecule has 0 atom stereocenters. The van der Waals surface area contributed by atoms with E-state index in [4.69, 9.17) is 18.6 Å². The summed E-state index contributed by atoms with van der Waals surface area (Å²) in [7, 11) is 0. The summed E-state index contributed by atoms with van der Waals surface area (Å²) in [6.07, 6.45) is 1.45. The maximum absolute atomic E-state index is 12.5. The number of thiophene rings is 1. The van der Waals surface area contributed by atoms with Crippen molar-refractivity contribution in [1.29, 1.82) is 0 Å². The molecule has 0 fully saturated rings. The van der Waals surface area contributed by atoms with E-state index in [1.54, 1.807) is 31.4 Å². The van der Waals surface area contributed by atoms with E-state index in [9.17, 15) is 24.5 Å². The van der Waals surface area contributed by atoms with Crippen LogP contribution < -0.4 is 10.1 Å². The zero-order valence-corrected chi connectivity index (χ0v) is 19.0. The van der Waals surface area contributed by atoms with E-state index >= 15 is 0 Å². The number of anilines is 1. The van der Waals surface area contributed by atoms with Crippen LogP contribution in [0.3, 0.4) is 0 Å². The molecule has 34 heavy (non-hydrogen) atoms. The van der Waals surface area contributed by atoms with Crippen LogP contribution in [0.1, 0.15) is 34.6 Å². The van der Waals surface area contributed by atoms with Gasteiger partial charge in [-0.25, -0.2) is 9.59 Å². The van der Waals surface area contributed by atoms with E-state index in [-0.39, 0.29) is 35.1 Å². The average molecular weight is 488 g/mol. The van der Waals surface area contributed by atoms with Crippen molar-refractivity contribution in [2.45, 2.75) is 13.8 Å². The summed E-state index contributed by atoms with van der Waals surface area (Å²) in [5, 5.41) is 15.6. The van der Waals surface area contributed by atoms with Gasteiger partial charge in [0, 0.05) is 17.0 Å². The van der Waals surface area contributed by atoms with Crippen LogP contribution in [0, 0.1) is 10.1 Å². The third-order valence-corrected chi connectivity index (χ3v) is 5.23. The number of rotatable bonds is 10.